The summed E-state index contributed by atoms with van der Waals surface area (Å²) in [5.74, 6) is 0. The second-order valence-electron chi connectivity index (χ2n) is 7.21. The third kappa shape index (κ3) is 2.75. The van der Waals surface area contributed by atoms with Crippen LogP contribution in [0.4, 0.5) is 0 Å². The van der Waals surface area contributed by atoms with Gasteiger partial charge in [-0.2, -0.15) is 0 Å². The Balaban J connectivity index is 1.60. The van der Waals surface area contributed by atoms with E-state index in [0.717, 1.165) is 18.4 Å². The average Bonchev–Trinajstić information content (AvgIpc) is 3.54. The highest BCUT2D eigenvalue weighted by Gasteiger charge is 2.27. The van der Waals surface area contributed by atoms with Crippen LogP contribution in [0.5, 0.6) is 0 Å². The predicted molar refractivity (Wildman–Crippen MR) is 102 cm³/mol. The minimum atomic E-state index is -0.267. The summed E-state index contributed by atoms with van der Waals surface area (Å²) in [6.07, 6.45) is 5.96. The zero-order chi connectivity index (χ0) is 19.3. The smallest absolute Gasteiger partial charge is 0.267 e. The van der Waals surface area contributed by atoms with Crippen LogP contribution in [0.1, 0.15) is 37.4 Å². The van der Waals surface area contributed by atoms with E-state index in [-0.39, 0.29) is 23.2 Å². The highest BCUT2D eigenvalue weighted by Crippen LogP contribution is 2.32. The maximum Gasteiger partial charge on any atom is 0.277 e. The first kappa shape index (κ1) is 16.7. The van der Waals surface area contributed by atoms with Crippen LogP contribution in [0.25, 0.3) is 21.8 Å². The maximum atomic E-state index is 13.0. The highest BCUT2D eigenvalue weighted by atomic mass is 16.1. The molecule has 1 saturated carbocycles. The monoisotopic (exact) mass is 375 g/mol. The summed E-state index contributed by atoms with van der Waals surface area (Å²) >= 11 is 0. The fraction of sp³-hybridized carbons (Fsp3) is 0.316. The predicted octanol–water partition coefficient (Wildman–Crippen LogP) is 1.43. The molecule has 0 N–H and O–H groups in total. The minimum absolute atomic E-state index is 0.132. The third-order valence-electron chi connectivity index (χ3n) is 5.05. The zero-order valence-electron chi connectivity index (χ0n) is 15.2. The van der Waals surface area contributed by atoms with Crippen molar-refractivity contribution in [2.24, 2.45) is 0 Å². The van der Waals surface area contributed by atoms with E-state index in [1.807, 2.05) is 19.1 Å². The van der Waals surface area contributed by atoms with Gasteiger partial charge in [-0.05, 0) is 49.9 Å². The fourth-order valence-corrected chi connectivity index (χ4v) is 3.40. The molecule has 0 spiro atoms. The van der Waals surface area contributed by atoms with Gasteiger partial charge >= 0.3 is 0 Å². The largest absolute Gasteiger partial charge is 0.277 e. The lowest BCUT2D eigenvalue weighted by molar-refractivity contribution is 0.446. The third-order valence-corrected chi connectivity index (χ3v) is 5.05. The van der Waals surface area contributed by atoms with E-state index in [1.165, 1.54) is 9.36 Å². The van der Waals surface area contributed by atoms with Crippen molar-refractivity contribution in [1.82, 2.24) is 35.0 Å². The van der Waals surface area contributed by atoms with Crippen molar-refractivity contribution in [2.75, 3.05) is 0 Å². The quantitative estimate of drug-likeness (QED) is 0.496. The summed E-state index contributed by atoms with van der Waals surface area (Å²) in [6.45, 7) is 1.91. The van der Waals surface area contributed by atoms with E-state index in [0.29, 0.717) is 28.2 Å². The van der Waals surface area contributed by atoms with Gasteiger partial charge < -0.3 is 0 Å². The molecule has 0 bridgehead atoms. The van der Waals surface area contributed by atoms with Crippen molar-refractivity contribution < 1.29 is 0 Å². The SMILES string of the molecule is CC(Cc1cccnc1)n1nnc2cc3c(=O)n(C4CC4)nnc3cc2c1=O. The van der Waals surface area contributed by atoms with Crippen molar-refractivity contribution in [3.63, 3.8) is 0 Å². The van der Waals surface area contributed by atoms with Gasteiger partial charge in [0.2, 0.25) is 0 Å². The van der Waals surface area contributed by atoms with Crippen LogP contribution in [-0.2, 0) is 6.42 Å². The van der Waals surface area contributed by atoms with Crippen LogP contribution in [0.2, 0.25) is 0 Å². The van der Waals surface area contributed by atoms with E-state index in [1.54, 1.807) is 24.5 Å². The van der Waals surface area contributed by atoms with Gasteiger partial charge in [0.05, 0.1) is 22.9 Å². The molecule has 1 unspecified atom stereocenters. The van der Waals surface area contributed by atoms with E-state index in [2.05, 4.69) is 25.6 Å². The number of benzene rings is 1. The molecule has 0 radical (unpaired) electrons. The van der Waals surface area contributed by atoms with E-state index < -0.39 is 0 Å². The van der Waals surface area contributed by atoms with Gasteiger partial charge in [-0.25, -0.2) is 9.36 Å². The maximum absolute atomic E-state index is 13.0. The van der Waals surface area contributed by atoms with Crippen LogP contribution >= 0.6 is 0 Å². The van der Waals surface area contributed by atoms with E-state index in [9.17, 15) is 9.59 Å². The molecule has 4 aromatic rings. The summed E-state index contributed by atoms with van der Waals surface area (Å²) < 4.78 is 2.78. The molecule has 0 saturated heterocycles. The van der Waals surface area contributed by atoms with Crippen LogP contribution in [0.3, 0.4) is 0 Å². The summed E-state index contributed by atoms with van der Waals surface area (Å²) in [5.41, 5.74) is 1.32. The fourth-order valence-electron chi connectivity index (χ4n) is 3.40. The molecule has 3 aromatic heterocycles. The van der Waals surface area contributed by atoms with Crippen LogP contribution in [0, 0.1) is 0 Å². The second kappa shape index (κ2) is 6.29. The molecular weight excluding hydrogens is 358 g/mol. The van der Waals surface area contributed by atoms with Gasteiger partial charge in [-0.3, -0.25) is 14.6 Å². The number of aromatic nitrogens is 7. The Kier molecular flexibility index (Phi) is 3.75. The van der Waals surface area contributed by atoms with Crippen molar-refractivity contribution in [3.8, 4) is 0 Å². The number of nitrogens with zero attached hydrogens (tertiary/aromatic N) is 7. The van der Waals surface area contributed by atoms with Gasteiger partial charge in [0, 0.05) is 12.4 Å². The normalized spacial score (nSPS) is 15.2. The summed E-state index contributed by atoms with van der Waals surface area (Å²) in [6, 6.07) is 6.92. The zero-order valence-corrected chi connectivity index (χ0v) is 15.2. The van der Waals surface area contributed by atoms with E-state index >= 15 is 0 Å². The van der Waals surface area contributed by atoms with Crippen LogP contribution in [0.15, 0.2) is 46.2 Å². The van der Waals surface area contributed by atoms with Crippen molar-refractivity contribution in [3.05, 3.63) is 62.9 Å². The number of hydrogen-bond acceptors (Lipinski definition) is 7. The van der Waals surface area contributed by atoms with Gasteiger partial charge in [-0.1, -0.05) is 16.5 Å². The molecule has 9 heteroatoms. The molecule has 140 valence electrons. The topological polar surface area (TPSA) is 108 Å². The Morgan fingerprint density at radius 3 is 2.46 bits per heavy atom. The first-order valence-electron chi connectivity index (χ1n) is 9.19. The molecule has 5 rings (SSSR count). The second-order valence-corrected chi connectivity index (χ2v) is 7.21. The average molecular weight is 375 g/mol. The van der Waals surface area contributed by atoms with Crippen molar-refractivity contribution >= 4 is 21.8 Å². The van der Waals surface area contributed by atoms with Crippen LogP contribution < -0.4 is 11.1 Å². The van der Waals surface area contributed by atoms with Crippen molar-refractivity contribution in [2.45, 2.75) is 38.3 Å². The van der Waals surface area contributed by atoms with E-state index in [4.69, 9.17) is 0 Å². The minimum Gasteiger partial charge on any atom is -0.267 e. The molecule has 1 aromatic carbocycles. The Morgan fingerprint density at radius 2 is 1.79 bits per heavy atom. The molecule has 1 aliphatic carbocycles. The Labute approximate surface area is 158 Å². The number of fused-ring (bicyclic) bond motifs is 2. The Hall–Kier alpha value is -3.49. The van der Waals surface area contributed by atoms with Gasteiger partial charge in [0.15, 0.2) is 0 Å². The number of hydrogen-bond donors (Lipinski definition) is 0. The van der Waals surface area contributed by atoms with Gasteiger partial charge in [0.25, 0.3) is 11.1 Å². The Bertz CT molecular complexity index is 1310. The lowest BCUT2D eigenvalue weighted by Crippen LogP contribution is -2.29. The summed E-state index contributed by atoms with van der Waals surface area (Å²) in [7, 11) is 0. The van der Waals surface area contributed by atoms with Gasteiger partial charge in [-0.15, -0.1) is 10.2 Å². The molecule has 3 heterocycles. The standard InChI is InChI=1S/C19H17N7O2/c1-11(7-12-3-2-6-20-10-12)25-18(27)14-8-17-15(9-16(14)21-23-25)19(28)26(24-22-17)13-4-5-13/h2-3,6,8-11,13H,4-5,7H2,1H3. The summed E-state index contributed by atoms with van der Waals surface area (Å²) in [5, 5.41) is 17.2. The molecular formula is C19H17N7O2. The first-order valence-corrected chi connectivity index (χ1v) is 9.19. The number of rotatable bonds is 4. The molecule has 28 heavy (non-hydrogen) atoms. The van der Waals surface area contributed by atoms with Crippen molar-refractivity contribution in [1.29, 1.82) is 0 Å². The van der Waals surface area contributed by atoms with Gasteiger partial charge in [0.1, 0.15) is 11.0 Å². The summed E-state index contributed by atoms with van der Waals surface area (Å²) in [4.78, 5) is 29.7. The molecule has 1 aliphatic rings. The molecule has 0 aliphatic heterocycles. The molecule has 9 nitrogen and oxygen atoms in total. The highest BCUT2D eigenvalue weighted by molar-refractivity contribution is 5.93. The lowest BCUT2D eigenvalue weighted by Gasteiger charge is -2.13. The molecule has 0 amide bonds. The molecule has 1 atom stereocenters. The Morgan fingerprint density at radius 1 is 1.07 bits per heavy atom. The lowest BCUT2D eigenvalue weighted by atomic mass is 10.1. The van der Waals surface area contributed by atoms with Crippen LogP contribution in [-0.4, -0.2) is 35.0 Å². The number of pyridine rings is 1. The first-order chi connectivity index (χ1) is 13.6. The molecule has 1 fully saturated rings.